The second-order valence-corrected chi connectivity index (χ2v) is 7.07. The van der Waals surface area contributed by atoms with Crippen LogP contribution in [0.3, 0.4) is 0 Å². The van der Waals surface area contributed by atoms with Gasteiger partial charge in [0.25, 0.3) is 0 Å². The van der Waals surface area contributed by atoms with Crippen molar-refractivity contribution in [3.63, 3.8) is 0 Å². The molecule has 0 saturated carbocycles. The molecular weight excluding hydrogens is 368 g/mol. The first-order valence-corrected chi connectivity index (χ1v) is 8.75. The molecule has 22 heavy (non-hydrogen) atoms. The molecule has 122 valence electrons. The van der Waals surface area contributed by atoms with E-state index in [-0.39, 0.29) is 11.9 Å². The SMILES string of the molecule is CC(N)C1CCCN(C(=O)CCOc2ccc(Cl)cc2Br)C1. The third-order valence-electron chi connectivity index (χ3n) is 4.02. The number of amides is 1. The lowest BCUT2D eigenvalue weighted by atomic mass is 9.92. The molecule has 0 spiro atoms. The van der Waals surface area contributed by atoms with Gasteiger partial charge in [0.15, 0.2) is 0 Å². The van der Waals surface area contributed by atoms with Gasteiger partial charge < -0.3 is 15.4 Å². The summed E-state index contributed by atoms with van der Waals surface area (Å²) in [5, 5.41) is 0.644. The standard InChI is InChI=1S/C16H22BrClN2O2/c1-11(19)12-3-2-7-20(10-12)16(21)6-8-22-15-5-4-13(18)9-14(15)17/h4-5,9,11-12H,2-3,6-8,10,19H2,1H3. The number of hydrogen-bond acceptors (Lipinski definition) is 3. The summed E-state index contributed by atoms with van der Waals surface area (Å²) >= 11 is 9.28. The van der Waals surface area contributed by atoms with Crippen LogP contribution in [0.2, 0.25) is 5.02 Å². The Morgan fingerprint density at radius 1 is 1.59 bits per heavy atom. The van der Waals surface area contributed by atoms with Crippen LogP contribution in [0.1, 0.15) is 26.2 Å². The van der Waals surface area contributed by atoms with Gasteiger partial charge in [-0.25, -0.2) is 0 Å². The first-order valence-electron chi connectivity index (χ1n) is 7.58. The average molecular weight is 390 g/mol. The van der Waals surface area contributed by atoms with Crippen molar-refractivity contribution in [3.05, 3.63) is 27.7 Å². The summed E-state index contributed by atoms with van der Waals surface area (Å²) < 4.78 is 6.44. The summed E-state index contributed by atoms with van der Waals surface area (Å²) in [6, 6.07) is 5.47. The van der Waals surface area contributed by atoms with E-state index in [1.807, 2.05) is 11.8 Å². The Balaban J connectivity index is 1.80. The predicted octanol–water partition coefficient (Wildman–Crippen LogP) is 3.46. The van der Waals surface area contributed by atoms with E-state index in [4.69, 9.17) is 22.1 Å². The average Bonchev–Trinajstić information content (AvgIpc) is 2.49. The molecule has 2 rings (SSSR count). The first kappa shape index (κ1) is 17.6. The van der Waals surface area contributed by atoms with Crippen molar-refractivity contribution in [1.82, 2.24) is 4.90 Å². The van der Waals surface area contributed by atoms with Crippen LogP contribution in [0, 0.1) is 5.92 Å². The van der Waals surface area contributed by atoms with Crippen molar-refractivity contribution in [3.8, 4) is 5.75 Å². The van der Waals surface area contributed by atoms with Crippen LogP contribution >= 0.6 is 27.5 Å². The second kappa shape index (κ2) is 8.18. The highest BCUT2D eigenvalue weighted by atomic mass is 79.9. The minimum atomic E-state index is 0.135. The number of piperidine rings is 1. The minimum absolute atomic E-state index is 0.135. The predicted molar refractivity (Wildman–Crippen MR) is 92.2 cm³/mol. The van der Waals surface area contributed by atoms with Crippen LogP contribution in [-0.2, 0) is 4.79 Å². The molecule has 2 N–H and O–H groups in total. The fraction of sp³-hybridized carbons (Fsp3) is 0.562. The van der Waals surface area contributed by atoms with Gasteiger partial charge in [-0.1, -0.05) is 11.6 Å². The molecule has 2 unspecified atom stereocenters. The Bertz CT molecular complexity index is 525. The topological polar surface area (TPSA) is 55.6 Å². The van der Waals surface area contributed by atoms with Crippen LogP contribution in [0.15, 0.2) is 22.7 Å². The van der Waals surface area contributed by atoms with Gasteiger partial charge in [0.1, 0.15) is 5.75 Å². The first-order chi connectivity index (χ1) is 10.5. The quantitative estimate of drug-likeness (QED) is 0.839. The fourth-order valence-corrected chi connectivity index (χ4v) is 3.46. The third-order valence-corrected chi connectivity index (χ3v) is 4.88. The molecule has 1 aliphatic rings. The molecule has 1 heterocycles. The van der Waals surface area contributed by atoms with Gasteiger partial charge in [-0.3, -0.25) is 4.79 Å². The number of rotatable bonds is 5. The zero-order chi connectivity index (χ0) is 16.1. The van der Waals surface area contributed by atoms with Crippen LogP contribution in [0.25, 0.3) is 0 Å². The second-order valence-electron chi connectivity index (χ2n) is 5.77. The van der Waals surface area contributed by atoms with E-state index in [1.54, 1.807) is 18.2 Å². The molecule has 4 nitrogen and oxygen atoms in total. The molecule has 2 atom stereocenters. The molecule has 0 aliphatic carbocycles. The summed E-state index contributed by atoms with van der Waals surface area (Å²) in [5.74, 6) is 1.24. The summed E-state index contributed by atoms with van der Waals surface area (Å²) in [7, 11) is 0. The summed E-state index contributed by atoms with van der Waals surface area (Å²) in [6.45, 7) is 3.96. The molecule has 1 aromatic rings. The summed E-state index contributed by atoms with van der Waals surface area (Å²) in [5.41, 5.74) is 5.96. The number of benzene rings is 1. The molecule has 1 amide bonds. The van der Waals surface area contributed by atoms with E-state index in [0.717, 1.165) is 30.4 Å². The molecule has 0 bridgehead atoms. The molecule has 1 fully saturated rings. The number of nitrogens with two attached hydrogens (primary N) is 1. The maximum atomic E-state index is 12.3. The Kier molecular flexibility index (Phi) is 6.53. The van der Waals surface area contributed by atoms with Gasteiger partial charge in [-0.15, -0.1) is 0 Å². The van der Waals surface area contributed by atoms with Gasteiger partial charge in [-0.2, -0.15) is 0 Å². The van der Waals surface area contributed by atoms with Gasteiger partial charge in [-0.05, 0) is 59.8 Å². The minimum Gasteiger partial charge on any atom is -0.492 e. The number of hydrogen-bond donors (Lipinski definition) is 1. The lowest BCUT2D eigenvalue weighted by Crippen LogP contribution is -2.45. The van der Waals surface area contributed by atoms with Crippen LogP contribution in [0.4, 0.5) is 0 Å². The summed E-state index contributed by atoms with van der Waals surface area (Å²) in [4.78, 5) is 14.2. The van der Waals surface area contributed by atoms with Gasteiger partial charge in [0, 0.05) is 24.2 Å². The molecule has 1 aliphatic heterocycles. The van der Waals surface area contributed by atoms with E-state index in [0.29, 0.717) is 29.7 Å². The van der Waals surface area contributed by atoms with Gasteiger partial charge >= 0.3 is 0 Å². The highest BCUT2D eigenvalue weighted by Gasteiger charge is 2.25. The van der Waals surface area contributed by atoms with Crippen molar-refractivity contribution in [1.29, 1.82) is 0 Å². The lowest BCUT2D eigenvalue weighted by Gasteiger charge is -2.34. The number of nitrogens with zero attached hydrogens (tertiary/aromatic N) is 1. The molecular formula is C16H22BrClN2O2. The molecule has 0 aromatic heterocycles. The lowest BCUT2D eigenvalue weighted by molar-refractivity contribution is -0.133. The Morgan fingerprint density at radius 3 is 3.05 bits per heavy atom. The van der Waals surface area contributed by atoms with Gasteiger partial charge in [0.2, 0.25) is 5.91 Å². The van der Waals surface area contributed by atoms with Crippen molar-refractivity contribution >= 4 is 33.4 Å². The molecule has 6 heteroatoms. The van der Waals surface area contributed by atoms with E-state index < -0.39 is 0 Å². The number of carbonyl (C=O) groups excluding carboxylic acids is 1. The van der Waals surface area contributed by atoms with Crippen molar-refractivity contribution < 1.29 is 9.53 Å². The maximum absolute atomic E-state index is 12.3. The smallest absolute Gasteiger partial charge is 0.226 e. The molecule has 0 radical (unpaired) electrons. The normalized spacial score (nSPS) is 19.8. The van der Waals surface area contributed by atoms with Crippen molar-refractivity contribution in [2.24, 2.45) is 11.7 Å². The fourth-order valence-electron chi connectivity index (χ4n) is 2.66. The number of likely N-dealkylation sites (tertiary alicyclic amines) is 1. The molecule has 1 saturated heterocycles. The van der Waals surface area contributed by atoms with Crippen LogP contribution < -0.4 is 10.5 Å². The summed E-state index contributed by atoms with van der Waals surface area (Å²) in [6.07, 6.45) is 2.51. The zero-order valence-electron chi connectivity index (χ0n) is 12.7. The highest BCUT2D eigenvalue weighted by molar-refractivity contribution is 9.10. The number of halogens is 2. The van der Waals surface area contributed by atoms with E-state index in [2.05, 4.69) is 15.9 Å². The number of ether oxygens (including phenoxy) is 1. The van der Waals surface area contributed by atoms with Crippen molar-refractivity contribution in [2.75, 3.05) is 19.7 Å². The van der Waals surface area contributed by atoms with Gasteiger partial charge in [0.05, 0.1) is 17.5 Å². The van der Waals surface area contributed by atoms with E-state index in [1.165, 1.54) is 0 Å². The highest BCUT2D eigenvalue weighted by Crippen LogP contribution is 2.28. The monoisotopic (exact) mass is 388 g/mol. The van der Waals surface area contributed by atoms with Crippen LogP contribution in [0.5, 0.6) is 5.75 Å². The van der Waals surface area contributed by atoms with E-state index in [9.17, 15) is 4.79 Å². The Morgan fingerprint density at radius 2 is 2.36 bits per heavy atom. The Hall–Kier alpha value is -0.780. The maximum Gasteiger partial charge on any atom is 0.226 e. The van der Waals surface area contributed by atoms with Crippen LogP contribution in [-0.4, -0.2) is 36.5 Å². The zero-order valence-corrected chi connectivity index (χ0v) is 15.1. The van der Waals surface area contributed by atoms with Crippen molar-refractivity contribution in [2.45, 2.75) is 32.2 Å². The number of carbonyl (C=O) groups is 1. The third kappa shape index (κ3) is 4.86. The largest absolute Gasteiger partial charge is 0.492 e. The van der Waals surface area contributed by atoms with E-state index >= 15 is 0 Å². The molecule has 1 aromatic carbocycles. The Labute approximate surface area is 145 Å².